The molecular weight excluding hydrogens is 238 g/mol. The summed E-state index contributed by atoms with van der Waals surface area (Å²) in [5.74, 6) is -1.33. The monoisotopic (exact) mass is 253 g/mol. The van der Waals surface area contributed by atoms with Crippen molar-refractivity contribution in [3.05, 3.63) is 29.8 Å². The maximum Gasteiger partial charge on any atom is 0.328 e. The minimum absolute atomic E-state index is 0.297. The van der Waals surface area contributed by atoms with Crippen molar-refractivity contribution in [2.75, 3.05) is 13.2 Å². The Bertz CT molecular complexity index is 432. The third-order valence-corrected chi connectivity index (χ3v) is 2.27. The lowest BCUT2D eigenvalue weighted by Crippen LogP contribution is -2.45. The van der Waals surface area contributed by atoms with Gasteiger partial charge >= 0.3 is 5.97 Å². The van der Waals surface area contributed by atoms with Crippen LogP contribution in [0.1, 0.15) is 5.56 Å². The molecule has 0 bridgehead atoms. The van der Waals surface area contributed by atoms with Crippen molar-refractivity contribution in [1.82, 2.24) is 5.32 Å². The summed E-state index contributed by atoms with van der Waals surface area (Å²) in [4.78, 5) is 22.0. The molecule has 1 rings (SSSR count). The number of carboxylic acid groups (broad SMARTS) is 1. The maximum atomic E-state index is 11.4. The largest absolute Gasteiger partial charge is 0.484 e. The van der Waals surface area contributed by atoms with Crippen LogP contribution in [0, 0.1) is 6.92 Å². The second-order valence-electron chi connectivity index (χ2n) is 3.70. The first kappa shape index (κ1) is 14.0. The minimum atomic E-state index is -1.31. The van der Waals surface area contributed by atoms with Gasteiger partial charge in [0, 0.05) is 0 Å². The van der Waals surface area contributed by atoms with Crippen molar-refractivity contribution in [2.24, 2.45) is 0 Å². The number of aliphatic hydroxyl groups is 1. The molecule has 0 saturated carbocycles. The number of aliphatic carboxylic acids is 1. The predicted octanol–water partition coefficient (Wildman–Crippen LogP) is -0.0645. The van der Waals surface area contributed by atoms with Gasteiger partial charge in [-0.1, -0.05) is 18.2 Å². The topological polar surface area (TPSA) is 95.9 Å². The van der Waals surface area contributed by atoms with Gasteiger partial charge in [-0.3, -0.25) is 4.79 Å². The van der Waals surface area contributed by atoms with E-state index in [1.807, 2.05) is 19.1 Å². The van der Waals surface area contributed by atoms with Gasteiger partial charge in [-0.25, -0.2) is 4.79 Å². The van der Waals surface area contributed by atoms with E-state index in [1.54, 1.807) is 12.1 Å². The van der Waals surface area contributed by atoms with Gasteiger partial charge in [0.15, 0.2) is 6.61 Å². The van der Waals surface area contributed by atoms with Gasteiger partial charge in [0.1, 0.15) is 11.8 Å². The number of carbonyl (C=O) groups excluding carboxylic acids is 1. The number of para-hydroxylation sites is 1. The average molecular weight is 253 g/mol. The summed E-state index contributed by atoms with van der Waals surface area (Å²) in [5.41, 5.74) is 0.877. The van der Waals surface area contributed by atoms with Gasteiger partial charge in [0.25, 0.3) is 5.91 Å². The van der Waals surface area contributed by atoms with Crippen LogP contribution in [0.4, 0.5) is 0 Å². The highest BCUT2D eigenvalue weighted by Gasteiger charge is 2.18. The van der Waals surface area contributed by atoms with Gasteiger partial charge in [-0.15, -0.1) is 0 Å². The number of hydrogen-bond donors (Lipinski definition) is 3. The number of benzene rings is 1. The van der Waals surface area contributed by atoms with Crippen LogP contribution in [0.2, 0.25) is 0 Å². The fourth-order valence-corrected chi connectivity index (χ4v) is 1.28. The fourth-order valence-electron chi connectivity index (χ4n) is 1.28. The average Bonchev–Trinajstić information content (AvgIpc) is 2.34. The Hall–Kier alpha value is -2.08. The Balaban J connectivity index is 2.47. The van der Waals surface area contributed by atoms with E-state index < -0.39 is 24.5 Å². The first-order valence-corrected chi connectivity index (χ1v) is 5.36. The highest BCUT2D eigenvalue weighted by atomic mass is 16.5. The molecule has 1 amide bonds. The van der Waals surface area contributed by atoms with Crippen molar-refractivity contribution in [3.63, 3.8) is 0 Å². The van der Waals surface area contributed by atoms with Crippen LogP contribution in [-0.2, 0) is 9.59 Å². The van der Waals surface area contributed by atoms with Crippen molar-refractivity contribution in [3.8, 4) is 5.75 Å². The first-order valence-electron chi connectivity index (χ1n) is 5.36. The van der Waals surface area contributed by atoms with Crippen molar-refractivity contribution >= 4 is 11.9 Å². The number of amides is 1. The van der Waals surface area contributed by atoms with E-state index in [9.17, 15) is 9.59 Å². The van der Waals surface area contributed by atoms with Crippen LogP contribution < -0.4 is 10.1 Å². The zero-order chi connectivity index (χ0) is 13.5. The number of carboxylic acids is 1. The number of aliphatic hydroxyl groups excluding tert-OH is 1. The third kappa shape index (κ3) is 4.06. The van der Waals surface area contributed by atoms with E-state index in [0.29, 0.717) is 5.75 Å². The fraction of sp³-hybridized carbons (Fsp3) is 0.333. The summed E-state index contributed by atoms with van der Waals surface area (Å²) in [5, 5.41) is 19.5. The first-order chi connectivity index (χ1) is 8.54. The lowest BCUT2D eigenvalue weighted by Gasteiger charge is -2.12. The van der Waals surface area contributed by atoms with Gasteiger partial charge in [-0.2, -0.15) is 0 Å². The van der Waals surface area contributed by atoms with E-state index in [1.165, 1.54) is 0 Å². The van der Waals surface area contributed by atoms with Crippen LogP contribution in [0.5, 0.6) is 5.75 Å². The van der Waals surface area contributed by atoms with Crippen molar-refractivity contribution in [1.29, 1.82) is 0 Å². The summed E-state index contributed by atoms with van der Waals surface area (Å²) in [6.45, 7) is 0.876. The SMILES string of the molecule is Cc1ccccc1OCC(=O)N[C@H](CO)C(=O)O. The zero-order valence-corrected chi connectivity index (χ0v) is 9.92. The van der Waals surface area contributed by atoms with Crippen LogP contribution in [-0.4, -0.2) is 41.3 Å². The maximum absolute atomic E-state index is 11.4. The van der Waals surface area contributed by atoms with E-state index >= 15 is 0 Å². The van der Waals surface area contributed by atoms with Crippen LogP contribution in [0.3, 0.4) is 0 Å². The molecule has 0 aromatic heterocycles. The van der Waals surface area contributed by atoms with Gasteiger partial charge < -0.3 is 20.3 Å². The molecule has 0 spiro atoms. The Kier molecular flexibility index (Phi) is 5.13. The molecular formula is C12H15NO5. The number of rotatable bonds is 6. The summed E-state index contributed by atoms with van der Waals surface area (Å²) < 4.78 is 5.24. The molecule has 0 heterocycles. The lowest BCUT2D eigenvalue weighted by atomic mass is 10.2. The molecule has 0 aliphatic carbocycles. The predicted molar refractivity (Wildman–Crippen MR) is 63.3 cm³/mol. The number of carbonyl (C=O) groups is 2. The molecule has 18 heavy (non-hydrogen) atoms. The van der Waals surface area contributed by atoms with Crippen LogP contribution in [0.15, 0.2) is 24.3 Å². The molecule has 3 N–H and O–H groups in total. The van der Waals surface area contributed by atoms with E-state index in [4.69, 9.17) is 14.9 Å². The molecule has 0 unspecified atom stereocenters. The highest BCUT2D eigenvalue weighted by molar-refractivity contribution is 5.84. The lowest BCUT2D eigenvalue weighted by molar-refractivity contribution is -0.143. The zero-order valence-electron chi connectivity index (χ0n) is 9.92. The number of hydrogen-bond acceptors (Lipinski definition) is 4. The Morgan fingerprint density at radius 2 is 2.06 bits per heavy atom. The van der Waals surface area contributed by atoms with Gasteiger partial charge in [0.05, 0.1) is 6.61 Å². The summed E-state index contributed by atoms with van der Waals surface area (Å²) in [6.07, 6.45) is 0. The Labute approximate surface area is 104 Å². The third-order valence-electron chi connectivity index (χ3n) is 2.27. The van der Waals surface area contributed by atoms with E-state index in [2.05, 4.69) is 5.32 Å². The van der Waals surface area contributed by atoms with Gasteiger partial charge in [-0.05, 0) is 18.6 Å². The van der Waals surface area contributed by atoms with Crippen molar-refractivity contribution in [2.45, 2.75) is 13.0 Å². The standard InChI is InChI=1S/C12H15NO5/c1-8-4-2-3-5-10(8)18-7-11(15)13-9(6-14)12(16)17/h2-5,9,14H,6-7H2,1H3,(H,13,15)(H,16,17)/t9-/m1/s1. The van der Waals surface area contributed by atoms with E-state index in [-0.39, 0.29) is 6.61 Å². The normalized spacial score (nSPS) is 11.7. The second kappa shape index (κ2) is 6.61. The van der Waals surface area contributed by atoms with Crippen LogP contribution in [0.25, 0.3) is 0 Å². The highest BCUT2D eigenvalue weighted by Crippen LogP contribution is 2.15. The summed E-state index contributed by atoms with van der Waals surface area (Å²) in [7, 11) is 0. The molecule has 1 atom stereocenters. The summed E-state index contributed by atoms with van der Waals surface area (Å²) >= 11 is 0. The number of aryl methyl sites for hydroxylation is 1. The molecule has 0 aliphatic rings. The molecule has 98 valence electrons. The quantitative estimate of drug-likeness (QED) is 0.660. The number of nitrogens with one attached hydrogen (secondary N) is 1. The van der Waals surface area contributed by atoms with Gasteiger partial charge in [0.2, 0.25) is 0 Å². The Morgan fingerprint density at radius 1 is 1.39 bits per heavy atom. The molecule has 0 aliphatic heterocycles. The molecule has 6 heteroatoms. The number of ether oxygens (including phenoxy) is 1. The molecule has 0 radical (unpaired) electrons. The summed E-state index contributed by atoms with van der Waals surface area (Å²) in [6, 6.07) is 5.85. The molecule has 1 aromatic rings. The second-order valence-corrected chi connectivity index (χ2v) is 3.70. The molecule has 0 saturated heterocycles. The van der Waals surface area contributed by atoms with Crippen molar-refractivity contribution < 1.29 is 24.5 Å². The van der Waals surface area contributed by atoms with Crippen LogP contribution >= 0.6 is 0 Å². The Morgan fingerprint density at radius 3 is 2.61 bits per heavy atom. The molecule has 0 fully saturated rings. The minimum Gasteiger partial charge on any atom is -0.484 e. The van der Waals surface area contributed by atoms with E-state index in [0.717, 1.165) is 5.56 Å². The molecule has 1 aromatic carbocycles. The molecule has 6 nitrogen and oxygen atoms in total. The smallest absolute Gasteiger partial charge is 0.328 e.